The molecule has 1 fully saturated rings. The minimum atomic E-state index is -0.217. The lowest BCUT2D eigenvalue weighted by Gasteiger charge is -2.35. The molecule has 0 bridgehead atoms. The Kier molecular flexibility index (Phi) is 5.74. The lowest BCUT2D eigenvalue weighted by molar-refractivity contribution is 0.0146. The summed E-state index contributed by atoms with van der Waals surface area (Å²) in [6.45, 7) is 11.4. The molecule has 0 saturated carbocycles. The van der Waals surface area contributed by atoms with E-state index in [0.717, 1.165) is 37.6 Å². The summed E-state index contributed by atoms with van der Waals surface area (Å²) in [4.78, 5) is 18.8. The minimum Gasteiger partial charge on any atom is -0.379 e. The number of urea groups is 1. The van der Waals surface area contributed by atoms with Crippen molar-refractivity contribution in [2.75, 3.05) is 31.6 Å². The third-order valence-electron chi connectivity index (χ3n) is 4.04. The zero-order valence-electron chi connectivity index (χ0n) is 13.8. The molecule has 1 aromatic rings. The normalized spacial score (nSPS) is 18.5. The van der Waals surface area contributed by atoms with Gasteiger partial charge in [-0.15, -0.1) is 0 Å². The number of morpholine rings is 1. The Morgan fingerprint density at radius 2 is 1.95 bits per heavy atom. The summed E-state index contributed by atoms with van der Waals surface area (Å²) in [5, 5.41) is 5.80. The van der Waals surface area contributed by atoms with Gasteiger partial charge in [-0.05, 0) is 45.4 Å². The molecule has 0 radical (unpaired) electrons. The highest BCUT2D eigenvalue weighted by atomic mass is 16.5. The summed E-state index contributed by atoms with van der Waals surface area (Å²) in [5.74, 6) is 0.584. The van der Waals surface area contributed by atoms with Crippen LogP contribution in [0, 0.1) is 13.8 Å². The summed E-state index contributed by atoms with van der Waals surface area (Å²) in [6.07, 6.45) is 0. The first-order valence-electron chi connectivity index (χ1n) is 7.80. The van der Waals surface area contributed by atoms with E-state index in [0.29, 0.717) is 5.82 Å². The van der Waals surface area contributed by atoms with Gasteiger partial charge in [-0.3, -0.25) is 10.2 Å². The van der Waals surface area contributed by atoms with Crippen LogP contribution in [0.15, 0.2) is 12.1 Å². The number of carbonyl (C=O) groups is 1. The molecule has 1 aliphatic heterocycles. The molecule has 1 aromatic heterocycles. The van der Waals surface area contributed by atoms with Crippen LogP contribution in [-0.4, -0.2) is 54.3 Å². The second-order valence-corrected chi connectivity index (χ2v) is 5.95. The number of hydrogen-bond donors (Lipinski definition) is 2. The first-order chi connectivity index (χ1) is 10.5. The van der Waals surface area contributed by atoms with Crippen LogP contribution >= 0.6 is 0 Å². The van der Waals surface area contributed by atoms with Gasteiger partial charge in [0.15, 0.2) is 0 Å². The highest BCUT2D eigenvalue weighted by Crippen LogP contribution is 2.10. The Morgan fingerprint density at radius 3 is 2.59 bits per heavy atom. The van der Waals surface area contributed by atoms with Gasteiger partial charge in [0.05, 0.1) is 13.2 Å². The van der Waals surface area contributed by atoms with Crippen molar-refractivity contribution in [1.82, 2.24) is 15.2 Å². The highest BCUT2D eigenvalue weighted by Gasteiger charge is 2.23. The Bertz CT molecular complexity index is 495. The minimum absolute atomic E-state index is 0.0454. The first-order valence-corrected chi connectivity index (χ1v) is 7.80. The maximum Gasteiger partial charge on any atom is 0.320 e. The van der Waals surface area contributed by atoms with Gasteiger partial charge in [0.2, 0.25) is 0 Å². The SMILES string of the molecule is Cc1cc(C)nc(NC(=O)N[C@@H](C)[C@@H](C)N2CCOCC2)c1. The van der Waals surface area contributed by atoms with Crippen LogP contribution in [0.3, 0.4) is 0 Å². The van der Waals surface area contributed by atoms with Crippen molar-refractivity contribution >= 4 is 11.8 Å². The average molecular weight is 306 g/mol. The number of pyridine rings is 1. The molecule has 6 heteroatoms. The molecule has 2 heterocycles. The van der Waals surface area contributed by atoms with Crippen molar-refractivity contribution in [1.29, 1.82) is 0 Å². The number of carbonyl (C=O) groups excluding carboxylic acids is 1. The van der Waals surface area contributed by atoms with E-state index in [9.17, 15) is 4.79 Å². The van der Waals surface area contributed by atoms with Crippen molar-refractivity contribution in [3.63, 3.8) is 0 Å². The third-order valence-corrected chi connectivity index (χ3v) is 4.04. The molecule has 122 valence electrons. The van der Waals surface area contributed by atoms with E-state index < -0.39 is 0 Å². The number of aryl methyl sites for hydroxylation is 2. The van der Waals surface area contributed by atoms with Gasteiger partial charge < -0.3 is 10.1 Å². The fourth-order valence-electron chi connectivity index (χ4n) is 2.69. The van der Waals surface area contributed by atoms with E-state index in [1.165, 1.54) is 0 Å². The van der Waals surface area contributed by atoms with Gasteiger partial charge in [-0.25, -0.2) is 9.78 Å². The molecule has 2 atom stereocenters. The van der Waals surface area contributed by atoms with E-state index >= 15 is 0 Å². The summed E-state index contributed by atoms with van der Waals surface area (Å²) < 4.78 is 5.36. The summed E-state index contributed by atoms with van der Waals surface area (Å²) in [6, 6.07) is 3.94. The van der Waals surface area contributed by atoms with E-state index in [2.05, 4.69) is 27.4 Å². The van der Waals surface area contributed by atoms with E-state index in [1.807, 2.05) is 32.9 Å². The predicted octanol–water partition coefficient (Wildman–Crippen LogP) is 1.93. The Labute approximate surface area is 132 Å². The lowest BCUT2D eigenvalue weighted by Crippen LogP contribution is -2.52. The molecule has 2 amide bonds. The van der Waals surface area contributed by atoms with Gasteiger partial charge in [0.1, 0.15) is 5.82 Å². The molecule has 0 spiro atoms. The first kappa shape index (κ1) is 16.7. The number of amides is 2. The molecule has 0 unspecified atom stereocenters. The molecular formula is C16H26N4O2. The fraction of sp³-hybridized carbons (Fsp3) is 0.625. The summed E-state index contributed by atoms with van der Waals surface area (Å²) in [7, 11) is 0. The number of hydrogen-bond acceptors (Lipinski definition) is 4. The Balaban J connectivity index is 1.87. The predicted molar refractivity (Wildman–Crippen MR) is 87.2 cm³/mol. The molecular weight excluding hydrogens is 280 g/mol. The van der Waals surface area contributed by atoms with Gasteiger partial charge in [0.25, 0.3) is 0 Å². The van der Waals surface area contributed by atoms with Crippen molar-refractivity contribution in [2.45, 2.75) is 39.8 Å². The quantitative estimate of drug-likeness (QED) is 0.892. The lowest BCUT2D eigenvalue weighted by atomic mass is 10.1. The van der Waals surface area contributed by atoms with Crippen molar-refractivity contribution in [2.24, 2.45) is 0 Å². The number of nitrogens with zero attached hydrogens (tertiary/aromatic N) is 2. The maximum absolute atomic E-state index is 12.1. The number of nitrogens with one attached hydrogen (secondary N) is 2. The molecule has 2 N–H and O–H groups in total. The highest BCUT2D eigenvalue weighted by molar-refractivity contribution is 5.88. The smallest absolute Gasteiger partial charge is 0.320 e. The van der Waals surface area contributed by atoms with Gasteiger partial charge in [-0.2, -0.15) is 0 Å². The maximum atomic E-state index is 12.1. The van der Waals surface area contributed by atoms with Crippen molar-refractivity contribution in [3.8, 4) is 0 Å². The topological polar surface area (TPSA) is 66.5 Å². The summed E-state index contributed by atoms with van der Waals surface area (Å²) >= 11 is 0. The molecule has 0 aromatic carbocycles. The molecule has 1 aliphatic rings. The number of rotatable bonds is 4. The van der Waals surface area contributed by atoms with E-state index in [4.69, 9.17) is 4.74 Å². The van der Waals surface area contributed by atoms with Crippen molar-refractivity contribution in [3.05, 3.63) is 23.4 Å². The zero-order chi connectivity index (χ0) is 16.1. The van der Waals surface area contributed by atoms with Crippen LogP contribution in [0.1, 0.15) is 25.1 Å². The number of anilines is 1. The van der Waals surface area contributed by atoms with E-state index in [1.54, 1.807) is 0 Å². The van der Waals surface area contributed by atoms with Gasteiger partial charge in [0, 0.05) is 30.9 Å². The van der Waals surface area contributed by atoms with Crippen LogP contribution in [0.2, 0.25) is 0 Å². The zero-order valence-corrected chi connectivity index (χ0v) is 13.8. The standard InChI is InChI=1S/C16H26N4O2/c1-11-9-12(2)17-15(10-11)19-16(21)18-13(3)14(4)20-5-7-22-8-6-20/h9-10,13-14H,5-8H2,1-4H3,(H2,17,18,19,21)/t13-,14+/m0/s1. The number of aromatic nitrogens is 1. The second-order valence-electron chi connectivity index (χ2n) is 5.95. The van der Waals surface area contributed by atoms with Crippen LogP contribution in [0.25, 0.3) is 0 Å². The third kappa shape index (κ3) is 4.68. The number of ether oxygens (including phenoxy) is 1. The average Bonchev–Trinajstić information content (AvgIpc) is 2.46. The van der Waals surface area contributed by atoms with E-state index in [-0.39, 0.29) is 18.1 Å². The molecule has 6 nitrogen and oxygen atoms in total. The van der Waals surface area contributed by atoms with Crippen LogP contribution in [0.5, 0.6) is 0 Å². The van der Waals surface area contributed by atoms with Crippen LogP contribution < -0.4 is 10.6 Å². The van der Waals surface area contributed by atoms with Gasteiger partial charge >= 0.3 is 6.03 Å². The second kappa shape index (κ2) is 7.56. The van der Waals surface area contributed by atoms with Crippen molar-refractivity contribution < 1.29 is 9.53 Å². The molecule has 22 heavy (non-hydrogen) atoms. The molecule has 2 rings (SSSR count). The monoisotopic (exact) mass is 306 g/mol. The Hall–Kier alpha value is -1.66. The van der Waals surface area contributed by atoms with Crippen LogP contribution in [0.4, 0.5) is 10.6 Å². The van der Waals surface area contributed by atoms with Gasteiger partial charge in [-0.1, -0.05) is 0 Å². The van der Waals surface area contributed by atoms with Crippen LogP contribution in [-0.2, 0) is 4.74 Å². The Morgan fingerprint density at radius 1 is 1.27 bits per heavy atom. The fourth-order valence-corrected chi connectivity index (χ4v) is 2.69. The molecule has 1 saturated heterocycles. The summed E-state index contributed by atoms with van der Waals surface area (Å²) in [5.41, 5.74) is 1.97. The molecule has 0 aliphatic carbocycles. The largest absolute Gasteiger partial charge is 0.379 e.